The van der Waals surface area contributed by atoms with Crippen LogP contribution in [0.3, 0.4) is 0 Å². The number of imidazole rings is 1. The van der Waals surface area contributed by atoms with Crippen molar-refractivity contribution >= 4 is 17.1 Å². The van der Waals surface area contributed by atoms with Crippen LogP contribution in [0, 0.1) is 5.92 Å². The Kier molecular flexibility index (Phi) is 4.36. The van der Waals surface area contributed by atoms with Crippen LogP contribution in [0.1, 0.15) is 39.8 Å². The number of nitrogens with zero attached hydrogens (tertiary/aromatic N) is 3. The quantitative estimate of drug-likeness (QED) is 0.765. The van der Waals surface area contributed by atoms with E-state index in [0.29, 0.717) is 30.5 Å². The molecule has 8 nitrogen and oxygen atoms in total. The zero-order valence-electron chi connectivity index (χ0n) is 13.6. The summed E-state index contributed by atoms with van der Waals surface area (Å²) < 4.78 is 7.58. The number of fused-ring (bicyclic) bond motifs is 1. The molecule has 1 saturated heterocycles. The second-order valence-corrected chi connectivity index (χ2v) is 6.35. The van der Waals surface area contributed by atoms with Crippen molar-refractivity contribution in [1.29, 1.82) is 0 Å². The summed E-state index contributed by atoms with van der Waals surface area (Å²) in [6.07, 6.45) is 1.69. The molecular formula is C15H23N5O3. The Morgan fingerprint density at radius 1 is 1.57 bits per heavy atom. The molecule has 1 aliphatic heterocycles. The third kappa shape index (κ3) is 3.09. The van der Waals surface area contributed by atoms with E-state index in [1.54, 1.807) is 10.9 Å². The van der Waals surface area contributed by atoms with Crippen molar-refractivity contribution in [2.45, 2.75) is 52.0 Å². The molecule has 3 atom stereocenters. The number of aliphatic hydroxyl groups is 1. The molecule has 0 aromatic carbocycles. The van der Waals surface area contributed by atoms with Gasteiger partial charge in [0, 0.05) is 13.0 Å². The molecule has 2 aromatic rings. The summed E-state index contributed by atoms with van der Waals surface area (Å²) in [6.45, 7) is 6.83. The first-order chi connectivity index (χ1) is 11.0. The second-order valence-electron chi connectivity index (χ2n) is 6.35. The minimum atomic E-state index is -0.511. The molecule has 126 valence electrons. The number of aliphatic hydroxyl groups excluding tert-OH is 1. The van der Waals surface area contributed by atoms with E-state index >= 15 is 0 Å². The summed E-state index contributed by atoms with van der Waals surface area (Å²) in [4.78, 5) is 23.5. The largest absolute Gasteiger partial charge is 0.390 e. The van der Waals surface area contributed by atoms with Crippen LogP contribution in [-0.2, 0) is 4.74 Å². The topological polar surface area (TPSA) is 105 Å². The number of H-pyrrole nitrogens is 1. The fourth-order valence-corrected chi connectivity index (χ4v) is 2.78. The van der Waals surface area contributed by atoms with Crippen LogP contribution in [0.5, 0.6) is 0 Å². The number of anilines is 1. The van der Waals surface area contributed by atoms with E-state index in [-0.39, 0.29) is 23.4 Å². The molecule has 8 heteroatoms. The highest BCUT2D eigenvalue weighted by Gasteiger charge is 2.34. The predicted molar refractivity (Wildman–Crippen MR) is 86.3 cm³/mol. The molecule has 0 bridgehead atoms. The lowest BCUT2D eigenvalue weighted by atomic mass is 10.1. The molecule has 0 aliphatic carbocycles. The molecule has 2 aromatic heterocycles. The second kappa shape index (κ2) is 6.29. The zero-order valence-corrected chi connectivity index (χ0v) is 13.6. The van der Waals surface area contributed by atoms with Gasteiger partial charge in [-0.1, -0.05) is 20.8 Å². The van der Waals surface area contributed by atoms with Crippen molar-refractivity contribution in [2.75, 3.05) is 11.9 Å². The van der Waals surface area contributed by atoms with Gasteiger partial charge >= 0.3 is 0 Å². The van der Waals surface area contributed by atoms with Gasteiger partial charge in [-0.3, -0.25) is 14.3 Å². The van der Waals surface area contributed by atoms with Crippen molar-refractivity contribution in [3.8, 4) is 0 Å². The highest BCUT2D eigenvalue weighted by molar-refractivity contribution is 5.70. The van der Waals surface area contributed by atoms with E-state index in [2.05, 4.69) is 34.1 Å². The lowest BCUT2D eigenvalue weighted by Crippen LogP contribution is -2.19. The summed E-state index contributed by atoms with van der Waals surface area (Å²) in [5.41, 5.74) is 0.456. The average Bonchev–Trinajstić information content (AvgIpc) is 3.08. The Morgan fingerprint density at radius 3 is 3.00 bits per heavy atom. The van der Waals surface area contributed by atoms with Gasteiger partial charge < -0.3 is 15.2 Å². The average molecular weight is 321 g/mol. The summed E-state index contributed by atoms with van der Waals surface area (Å²) in [5, 5.41) is 13.1. The first-order valence-corrected chi connectivity index (χ1v) is 8.03. The summed E-state index contributed by atoms with van der Waals surface area (Å²) in [6, 6.07) is 0. The molecule has 0 amide bonds. The fraction of sp³-hybridized carbons (Fsp3) is 0.667. The number of hydrogen-bond donors (Lipinski definition) is 3. The summed E-state index contributed by atoms with van der Waals surface area (Å²) in [5.74, 6) is 0.850. The molecule has 1 fully saturated rings. The van der Waals surface area contributed by atoms with Crippen molar-refractivity contribution in [2.24, 2.45) is 5.92 Å². The molecule has 3 N–H and O–H groups in total. The van der Waals surface area contributed by atoms with Crippen molar-refractivity contribution < 1.29 is 9.84 Å². The first kappa shape index (κ1) is 15.9. The van der Waals surface area contributed by atoms with E-state index < -0.39 is 6.10 Å². The van der Waals surface area contributed by atoms with Crippen molar-refractivity contribution in [1.82, 2.24) is 19.5 Å². The number of ether oxygens (including phenoxy) is 1. The molecule has 0 spiro atoms. The van der Waals surface area contributed by atoms with Gasteiger partial charge in [-0.15, -0.1) is 0 Å². The van der Waals surface area contributed by atoms with E-state index in [1.165, 1.54) is 0 Å². The third-order valence-corrected chi connectivity index (χ3v) is 4.03. The van der Waals surface area contributed by atoms with Gasteiger partial charge in [-0.25, -0.2) is 4.98 Å². The van der Waals surface area contributed by atoms with E-state index in [4.69, 9.17) is 4.74 Å². The smallest absolute Gasteiger partial charge is 0.280 e. The number of nitrogens with one attached hydrogen (secondary N) is 2. The molecule has 0 saturated carbocycles. The maximum Gasteiger partial charge on any atom is 0.280 e. The minimum absolute atomic E-state index is 0.196. The lowest BCUT2D eigenvalue weighted by molar-refractivity contribution is -0.0183. The summed E-state index contributed by atoms with van der Waals surface area (Å²) in [7, 11) is 0. The SMILES string of the molecule is CC[C@H]1O[C@@H](n2cnc3c(=O)[nH]c(NCC(C)C)nc32)C[C@H]1O. The van der Waals surface area contributed by atoms with E-state index in [9.17, 15) is 9.90 Å². The normalized spacial score (nSPS) is 24.7. The van der Waals surface area contributed by atoms with E-state index in [1.807, 2.05) is 6.92 Å². The maximum atomic E-state index is 12.2. The van der Waals surface area contributed by atoms with Gasteiger partial charge in [-0.2, -0.15) is 4.98 Å². The molecule has 0 unspecified atom stereocenters. The van der Waals surface area contributed by atoms with Gasteiger partial charge in [0.15, 0.2) is 11.2 Å². The fourth-order valence-electron chi connectivity index (χ4n) is 2.78. The van der Waals surface area contributed by atoms with Crippen LogP contribution in [0.4, 0.5) is 5.95 Å². The summed E-state index contributed by atoms with van der Waals surface area (Å²) >= 11 is 0. The highest BCUT2D eigenvalue weighted by Crippen LogP contribution is 2.31. The number of aromatic nitrogens is 4. The van der Waals surface area contributed by atoms with Crippen LogP contribution < -0.4 is 10.9 Å². The Hall–Kier alpha value is -1.93. The molecular weight excluding hydrogens is 298 g/mol. The Balaban J connectivity index is 1.94. The predicted octanol–water partition coefficient (Wildman–Crippen LogP) is 1.25. The molecule has 23 heavy (non-hydrogen) atoms. The standard InChI is InChI=1S/C15H23N5O3/c1-4-10-9(21)5-11(23-10)20-7-17-12-13(20)18-15(19-14(12)22)16-6-8(2)3/h7-11,21H,4-6H2,1-3H3,(H2,16,18,19,22)/t9-,10-,11-/m1/s1. The van der Waals surface area contributed by atoms with Crippen LogP contribution >= 0.6 is 0 Å². The van der Waals surface area contributed by atoms with Crippen LogP contribution in [0.15, 0.2) is 11.1 Å². The number of aromatic amines is 1. The van der Waals surface area contributed by atoms with E-state index in [0.717, 1.165) is 6.42 Å². The van der Waals surface area contributed by atoms with Gasteiger partial charge in [0.25, 0.3) is 5.56 Å². The van der Waals surface area contributed by atoms with Crippen molar-refractivity contribution in [3.63, 3.8) is 0 Å². The third-order valence-electron chi connectivity index (χ3n) is 4.03. The highest BCUT2D eigenvalue weighted by atomic mass is 16.5. The lowest BCUT2D eigenvalue weighted by Gasteiger charge is -2.14. The van der Waals surface area contributed by atoms with Gasteiger partial charge in [0.05, 0.1) is 18.5 Å². The van der Waals surface area contributed by atoms with Gasteiger partial charge in [-0.05, 0) is 12.3 Å². The maximum absolute atomic E-state index is 12.2. The zero-order chi connectivity index (χ0) is 16.6. The Bertz CT molecular complexity index is 738. The Labute approximate surface area is 133 Å². The number of rotatable bonds is 5. The minimum Gasteiger partial charge on any atom is -0.390 e. The van der Waals surface area contributed by atoms with Crippen LogP contribution in [-0.4, -0.2) is 43.4 Å². The molecule has 3 heterocycles. The first-order valence-electron chi connectivity index (χ1n) is 8.03. The molecule has 3 rings (SSSR count). The van der Waals surface area contributed by atoms with Gasteiger partial charge in [0.1, 0.15) is 6.23 Å². The van der Waals surface area contributed by atoms with Gasteiger partial charge in [0.2, 0.25) is 5.95 Å². The molecule has 1 aliphatic rings. The Morgan fingerprint density at radius 2 is 2.35 bits per heavy atom. The monoisotopic (exact) mass is 321 g/mol. The molecule has 0 radical (unpaired) electrons. The van der Waals surface area contributed by atoms with Crippen LogP contribution in [0.2, 0.25) is 0 Å². The number of hydrogen-bond acceptors (Lipinski definition) is 6. The van der Waals surface area contributed by atoms with Crippen molar-refractivity contribution in [3.05, 3.63) is 16.7 Å². The van der Waals surface area contributed by atoms with Crippen LogP contribution in [0.25, 0.3) is 11.2 Å².